The maximum absolute atomic E-state index is 13.9. The van der Waals surface area contributed by atoms with Crippen molar-refractivity contribution in [2.45, 2.75) is 13.1 Å². The first-order valence-corrected chi connectivity index (χ1v) is 6.91. The zero-order chi connectivity index (χ0) is 15.2. The molecular formula is C17H21FN2O. The normalized spacial score (nSPS) is 10.5. The van der Waals surface area contributed by atoms with Crippen molar-refractivity contribution in [2.24, 2.45) is 0 Å². The van der Waals surface area contributed by atoms with Crippen LogP contribution in [0, 0.1) is 5.82 Å². The van der Waals surface area contributed by atoms with Crippen LogP contribution in [0.25, 0.3) is 0 Å². The summed E-state index contributed by atoms with van der Waals surface area (Å²) in [6.07, 6.45) is 0. The molecule has 3 nitrogen and oxygen atoms in total. The molecule has 0 aliphatic rings. The van der Waals surface area contributed by atoms with Gasteiger partial charge < -0.3 is 15.0 Å². The largest absolute Gasteiger partial charge is 0.497 e. The predicted octanol–water partition coefficient (Wildman–Crippen LogP) is 3.19. The fourth-order valence-corrected chi connectivity index (χ4v) is 2.25. The van der Waals surface area contributed by atoms with E-state index in [-0.39, 0.29) is 5.82 Å². The highest BCUT2D eigenvalue weighted by atomic mass is 19.1. The average Bonchev–Trinajstić information content (AvgIpc) is 2.51. The van der Waals surface area contributed by atoms with Crippen LogP contribution >= 0.6 is 0 Å². The smallest absolute Gasteiger partial charge is 0.128 e. The minimum absolute atomic E-state index is 0.171. The lowest BCUT2D eigenvalue weighted by Gasteiger charge is -2.20. The molecule has 0 atom stereocenters. The quantitative estimate of drug-likeness (QED) is 0.883. The van der Waals surface area contributed by atoms with Crippen molar-refractivity contribution in [3.05, 3.63) is 59.4 Å². The zero-order valence-corrected chi connectivity index (χ0v) is 12.7. The summed E-state index contributed by atoms with van der Waals surface area (Å²) in [5.41, 5.74) is 2.80. The number of hydrogen-bond acceptors (Lipinski definition) is 3. The first-order chi connectivity index (χ1) is 10.1. The number of benzene rings is 2. The van der Waals surface area contributed by atoms with Crippen LogP contribution in [-0.2, 0) is 13.1 Å². The number of nitrogens with zero attached hydrogens (tertiary/aromatic N) is 1. The fourth-order valence-electron chi connectivity index (χ4n) is 2.25. The molecule has 0 radical (unpaired) electrons. The molecule has 0 fully saturated rings. The number of anilines is 1. The van der Waals surface area contributed by atoms with Crippen molar-refractivity contribution in [3.63, 3.8) is 0 Å². The SMILES string of the molecule is CNCc1ccc(F)c(CN(C)c2ccc(OC)cc2)c1. The topological polar surface area (TPSA) is 24.5 Å². The van der Waals surface area contributed by atoms with Crippen molar-refractivity contribution in [1.82, 2.24) is 5.32 Å². The third-order valence-corrected chi connectivity index (χ3v) is 3.41. The van der Waals surface area contributed by atoms with Gasteiger partial charge in [-0.3, -0.25) is 0 Å². The molecular weight excluding hydrogens is 267 g/mol. The van der Waals surface area contributed by atoms with Gasteiger partial charge >= 0.3 is 0 Å². The van der Waals surface area contributed by atoms with Crippen LogP contribution in [0.1, 0.15) is 11.1 Å². The summed E-state index contributed by atoms with van der Waals surface area (Å²) in [7, 11) is 5.47. The van der Waals surface area contributed by atoms with Gasteiger partial charge in [0.2, 0.25) is 0 Å². The Morgan fingerprint density at radius 1 is 1.14 bits per heavy atom. The Morgan fingerprint density at radius 3 is 2.48 bits per heavy atom. The van der Waals surface area contributed by atoms with Crippen molar-refractivity contribution in [3.8, 4) is 5.75 Å². The number of ether oxygens (including phenoxy) is 1. The average molecular weight is 288 g/mol. The highest BCUT2D eigenvalue weighted by Crippen LogP contribution is 2.21. The number of nitrogens with one attached hydrogen (secondary N) is 1. The van der Waals surface area contributed by atoms with Gasteiger partial charge in [-0.2, -0.15) is 0 Å². The van der Waals surface area contributed by atoms with Crippen LogP contribution in [0.2, 0.25) is 0 Å². The van der Waals surface area contributed by atoms with E-state index in [1.54, 1.807) is 7.11 Å². The van der Waals surface area contributed by atoms with E-state index in [1.807, 2.05) is 55.4 Å². The van der Waals surface area contributed by atoms with Gasteiger partial charge in [-0.25, -0.2) is 4.39 Å². The molecule has 0 saturated carbocycles. The van der Waals surface area contributed by atoms with Crippen LogP contribution < -0.4 is 15.0 Å². The lowest BCUT2D eigenvalue weighted by Crippen LogP contribution is -2.17. The van der Waals surface area contributed by atoms with E-state index in [0.29, 0.717) is 12.1 Å². The van der Waals surface area contributed by atoms with Crippen LogP contribution in [0.5, 0.6) is 5.75 Å². The first-order valence-electron chi connectivity index (χ1n) is 6.91. The summed E-state index contributed by atoms with van der Waals surface area (Å²) in [6, 6.07) is 13.0. The van der Waals surface area contributed by atoms with E-state index in [9.17, 15) is 4.39 Å². The summed E-state index contributed by atoms with van der Waals surface area (Å²) in [4.78, 5) is 2.01. The number of rotatable bonds is 6. The summed E-state index contributed by atoms with van der Waals surface area (Å²) in [6.45, 7) is 1.26. The summed E-state index contributed by atoms with van der Waals surface area (Å²) < 4.78 is 19.1. The van der Waals surface area contributed by atoms with Gasteiger partial charge in [0.05, 0.1) is 7.11 Å². The molecule has 0 unspecified atom stereocenters. The zero-order valence-electron chi connectivity index (χ0n) is 12.7. The Balaban J connectivity index is 2.14. The molecule has 0 bridgehead atoms. The second-order valence-electron chi connectivity index (χ2n) is 5.01. The highest BCUT2D eigenvalue weighted by molar-refractivity contribution is 5.49. The molecule has 21 heavy (non-hydrogen) atoms. The van der Waals surface area contributed by atoms with E-state index in [2.05, 4.69) is 5.32 Å². The molecule has 2 rings (SSSR count). The van der Waals surface area contributed by atoms with Crippen molar-refractivity contribution in [2.75, 3.05) is 26.1 Å². The predicted molar refractivity (Wildman–Crippen MR) is 84.3 cm³/mol. The van der Waals surface area contributed by atoms with E-state index < -0.39 is 0 Å². The molecule has 0 heterocycles. The Hall–Kier alpha value is -2.07. The van der Waals surface area contributed by atoms with E-state index in [1.165, 1.54) is 6.07 Å². The summed E-state index contributed by atoms with van der Waals surface area (Å²) >= 11 is 0. The molecule has 0 aliphatic carbocycles. The van der Waals surface area contributed by atoms with E-state index in [0.717, 1.165) is 23.5 Å². The Bertz CT molecular complexity index is 584. The minimum atomic E-state index is -0.171. The van der Waals surface area contributed by atoms with Crippen LogP contribution in [0.15, 0.2) is 42.5 Å². The number of hydrogen-bond donors (Lipinski definition) is 1. The Labute approximate surface area is 125 Å². The van der Waals surface area contributed by atoms with Crippen LogP contribution in [0.3, 0.4) is 0 Å². The Morgan fingerprint density at radius 2 is 1.86 bits per heavy atom. The maximum atomic E-state index is 13.9. The van der Waals surface area contributed by atoms with E-state index in [4.69, 9.17) is 4.74 Å². The number of halogens is 1. The lowest BCUT2D eigenvalue weighted by molar-refractivity contribution is 0.415. The molecule has 4 heteroatoms. The molecule has 0 spiro atoms. The third-order valence-electron chi connectivity index (χ3n) is 3.41. The van der Waals surface area contributed by atoms with Crippen LogP contribution in [0.4, 0.5) is 10.1 Å². The highest BCUT2D eigenvalue weighted by Gasteiger charge is 2.08. The Kier molecular flexibility index (Phi) is 5.17. The van der Waals surface area contributed by atoms with Crippen molar-refractivity contribution < 1.29 is 9.13 Å². The summed E-state index contributed by atoms with van der Waals surface area (Å²) in [5, 5.41) is 3.08. The monoisotopic (exact) mass is 288 g/mol. The van der Waals surface area contributed by atoms with Crippen molar-refractivity contribution >= 4 is 5.69 Å². The standard InChI is InChI=1S/C17H21FN2O/c1-19-11-13-4-9-17(18)14(10-13)12-20(2)15-5-7-16(21-3)8-6-15/h4-10,19H,11-12H2,1-3H3. The van der Waals surface area contributed by atoms with Gasteiger partial charge in [-0.15, -0.1) is 0 Å². The third kappa shape index (κ3) is 3.95. The summed E-state index contributed by atoms with van der Waals surface area (Å²) in [5.74, 6) is 0.643. The van der Waals surface area contributed by atoms with Gasteiger partial charge in [0.25, 0.3) is 0 Å². The van der Waals surface area contributed by atoms with Crippen molar-refractivity contribution in [1.29, 1.82) is 0 Å². The van der Waals surface area contributed by atoms with Gasteiger partial charge in [0.15, 0.2) is 0 Å². The van der Waals surface area contributed by atoms with Gasteiger partial charge in [-0.1, -0.05) is 6.07 Å². The van der Waals surface area contributed by atoms with Gasteiger partial charge in [0.1, 0.15) is 11.6 Å². The molecule has 0 aliphatic heterocycles. The first kappa shape index (κ1) is 15.3. The molecule has 2 aromatic carbocycles. The molecule has 0 amide bonds. The lowest BCUT2D eigenvalue weighted by atomic mass is 10.1. The second-order valence-corrected chi connectivity index (χ2v) is 5.01. The molecule has 2 aromatic rings. The molecule has 0 aromatic heterocycles. The molecule has 112 valence electrons. The molecule has 0 saturated heterocycles. The van der Waals surface area contributed by atoms with Gasteiger partial charge in [-0.05, 0) is 49.0 Å². The van der Waals surface area contributed by atoms with Gasteiger partial charge in [0, 0.05) is 31.4 Å². The maximum Gasteiger partial charge on any atom is 0.128 e. The second kappa shape index (κ2) is 7.09. The molecule has 1 N–H and O–H groups in total. The van der Waals surface area contributed by atoms with Crippen LogP contribution in [-0.4, -0.2) is 21.2 Å². The fraction of sp³-hybridized carbons (Fsp3) is 0.294. The minimum Gasteiger partial charge on any atom is -0.497 e. The van der Waals surface area contributed by atoms with E-state index >= 15 is 0 Å². The number of methoxy groups -OCH3 is 1.